The number of hydrogen-bond donors (Lipinski definition) is 0. The molecule has 1 aliphatic rings. The van der Waals surface area contributed by atoms with Crippen LogP contribution >= 0.6 is 11.6 Å². The monoisotopic (exact) mass is 310 g/mol. The number of likely N-dealkylation sites (tertiary alicyclic amines) is 1. The van der Waals surface area contributed by atoms with E-state index in [1.165, 1.54) is 6.07 Å². The summed E-state index contributed by atoms with van der Waals surface area (Å²) in [6, 6.07) is 4.82. The molecule has 1 aromatic carbocycles. The highest BCUT2D eigenvalue weighted by Gasteiger charge is 2.32. The minimum absolute atomic E-state index is 0.117. The van der Waals surface area contributed by atoms with Crippen molar-refractivity contribution in [1.29, 1.82) is 0 Å². The van der Waals surface area contributed by atoms with Crippen molar-refractivity contribution in [3.63, 3.8) is 0 Å². The lowest BCUT2D eigenvalue weighted by Gasteiger charge is -2.24. The van der Waals surface area contributed by atoms with Gasteiger partial charge in [-0.25, -0.2) is 0 Å². The zero-order chi connectivity index (χ0) is 15.4. The fraction of sp³-hybridized carbons (Fsp3) is 0.533. The first-order valence-corrected chi connectivity index (χ1v) is 7.70. The van der Waals surface area contributed by atoms with Gasteiger partial charge in [0.2, 0.25) is 0 Å². The minimum Gasteiger partial charge on any atom is -0.335 e. The summed E-state index contributed by atoms with van der Waals surface area (Å²) in [4.78, 5) is 25.1. The molecular weight excluding hydrogens is 292 g/mol. The Balaban J connectivity index is 2.26. The predicted octanol–water partition coefficient (Wildman–Crippen LogP) is 3.53. The van der Waals surface area contributed by atoms with Gasteiger partial charge in [-0.2, -0.15) is 0 Å². The molecule has 0 bridgehead atoms. The molecule has 1 atom stereocenters. The van der Waals surface area contributed by atoms with Crippen LogP contribution in [0.3, 0.4) is 0 Å². The van der Waals surface area contributed by atoms with Crippen molar-refractivity contribution < 1.29 is 9.72 Å². The van der Waals surface area contributed by atoms with E-state index in [0.717, 1.165) is 31.2 Å². The van der Waals surface area contributed by atoms with E-state index in [1.54, 1.807) is 17.0 Å². The van der Waals surface area contributed by atoms with Crippen LogP contribution in [0.1, 0.15) is 41.6 Å². The number of alkyl halides is 1. The van der Waals surface area contributed by atoms with Gasteiger partial charge in [-0.15, -0.1) is 11.6 Å². The van der Waals surface area contributed by atoms with Crippen LogP contribution in [-0.2, 0) is 0 Å². The molecule has 0 saturated carbocycles. The van der Waals surface area contributed by atoms with E-state index in [4.69, 9.17) is 11.6 Å². The van der Waals surface area contributed by atoms with Crippen molar-refractivity contribution in [2.24, 2.45) is 0 Å². The van der Waals surface area contributed by atoms with Crippen LogP contribution in [0.4, 0.5) is 5.69 Å². The molecule has 21 heavy (non-hydrogen) atoms. The average molecular weight is 311 g/mol. The molecule has 1 heterocycles. The van der Waals surface area contributed by atoms with Crippen molar-refractivity contribution in [1.82, 2.24) is 4.90 Å². The largest absolute Gasteiger partial charge is 0.335 e. The fourth-order valence-corrected chi connectivity index (χ4v) is 3.01. The smallest absolute Gasteiger partial charge is 0.282 e. The number of nitro benzene ring substituents is 1. The predicted molar refractivity (Wildman–Crippen MR) is 81.8 cm³/mol. The van der Waals surface area contributed by atoms with Gasteiger partial charge in [0.1, 0.15) is 5.56 Å². The van der Waals surface area contributed by atoms with Crippen molar-refractivity contribution in [2.45, 2.75) is 38.6 Å². The summed E-state index contributed by atoms with van der Waals surface area (Å²) >= 11 is 5.72. The Hall–Kier alpha value is -1.62. The molecule has 114 valence electrons. The van der Waals surface area contributed by atoms with Crippen LogP contribution in [0.5, 0.6) is 0 Å². The summed E-state index contributed by atoms with van der Waals surface area (Å²) < 4.78 is 0. The van der Waals surface area contributed by atoms with Gasteiger partial charge in [0, 0.05) is 24.5 Å². The molecule has 0 spiro atoms. The van der Waals surface area contributed by atoms with E-state index in [-0.39, 0.29) is 23.2 Å². The summed E-state index contributed by atoms with van der Waals surface area (Å²) in [5.74, 6) is 0.339. The molecule has 0 aliphatic carbocycles. The average Bonchev–Trinajstić information content (AvgIpc) is 2.92. The quantitative estimate of drug-likeness (QED) is 0.475. The highest BCUT2D eigenvalue weighted by atomic mass is 35.5. The lowest BCUT2D eigenvalue weighted by molar-refractivity contribution is -0.385. The molecule has 1 unspecified atom stereocenters. The van der Waals surface area contributed by atoms with Gasteiger partial charge in [-0.1, -0.05) is 6.07 Å². The third kappa shape index (κ3) is 3.53. The Bertz CT molecular complexity index is 548. The number of carbonyl (C=O) groups excluding carboxylic acids is 1. The first-order chi connectivity index (χ1) is 10.0. The van der Waals surface area contributed by atoms with Crippen molar-refractivity contribution in [3.05, 3.63) is 39.4 Å². The maximum atomic E-state index is 12.7. The number of nitrogens with zero attached hydrogens (tertiary/aromatic N) is 2. The second-order valence-corrected chi connectivity index (χ2v) is 5.78. The lowest BCUT2D eigenvalue weighted by atomic mass is 10.1. The van der Waals surface area contributed by atoms with E-state index in [0.29, 0.717) is 12.4 Å². The number of hydrogen-bond acceptors (Lipinski definition) is 3. The van der Waals surface area contributed by atoms with Gasteiger partial charge in [-0.05, 0) is 44.2 Å². The molecule has 2 rings (SSSR count). The molecule has 0 aromatic heterocycles. The first-order valence-electron chi connectivity index (χ1n) is 7.16. The normalized spacial score (nSPS) is 18.0. The molecule has 6 heteroatoms. The van der Waals surface area contributed by atoms with Crippen molar-refractivity contribution in [3.8, 4) is 0 Å². The molecule has 1 fully saturated rings. The third-order valence-corrected chi connectivity index (χ3v) is 4.16. The summed E-state index contributed by atoms with van der Waals surface area (Å²) in [6.45, 7) is 2.49. The molecule has 1 saturated heterocycles. The number of rotatable bonds is 5. The zero-order valence-corrected chi connectivity index (χ0v) is 12.8. The summed E-state index contributed by atoms with van der Waals surface area (Å²) in [7, 11) is 0. The van der Waals surface area contributed by atoms with E-state index in [9.17, 15) is 14.9 Å². The molecule has 1 amide bonds. The number of amides is 1. The number of benzene rings is 1. The van der Waals surface area contributed by atoms with Crippen LogP contribution in [-0.4, -0.2) is 34.2 Å². The molecule has 5 nitrogen and oxygen atoms in total. The Morgan fingerprint density at radius 3 is 2.95 bits per heavy atom. The molecule has 1 aromatic rings. The van der Waals surface area contributed by atoms with Gasteiger partial charge in [0.05, 0.1) is 4.92 Å². The topological polar surface area (TPSA) is 63.5 Å². The second-order valence-electron chi connectivity index (χ2n) is 5.40. The molecular formula is C15H19ClN2O3. The Kier molecular flexibility index (Phi) is 5.17. The van der Waals surface area contributed by atoms with E-state index < -0.39 is 4.92 Å². The lowest BCUT2D eigenvalue weighted by Crippen LogP contribution is -2.36. The van der Waals surface area contributed by atoms with E-state index in [2.05, 4.69) is 0 Å². The van der Waals surface area contributed by atoms with E-state index >= 15 is 0 Å². The van der Waals surface area contributed by atoms with Crippen LogP contribution in [0.15, 0.2) is 18.2 Å². The van der Waals surface area contributed by atoms with Gasteiger partial charge < -0.3 is 4.90 Å². The number of aryl methyl sites for hydroxylation is 1. The third-order valence-electron chi connectivity index (χ3n) is 3.89. The summed E-state index contributed by atoms with van der Waals surface area (Å²) in [5, 5.41) is 11.1. The van der Waals surface area contributed by atoms with E-state index in [1.807, 2.05) is 6.92 Å². The van der Waals surface area contributed by atoms with Gasteiger partial charge >= 0.3 is 0 Å². The maximum Gasteiger partial charge on any atom is 0.282 e. The first kappa shape index (κ1) is 15.8. The Morgan fingerprint density at radius 1 is 1.52 bits per heavy atom. The molecule has 1 aliphatic heterocycles. The number of halogens is 1. The minimum atomic E-state index is -0.490. The standard InChI is InChI=1S/C15H19ClN2O3/c1-11-6-7-14(18(20)21)13(10-11)15(19)17-9-3-5-12(17)4-2-8-16/h6-7,10,12H,2-5,8-9H2,1H3. The van der Waals surface area contributed by atoms with Gasteiger partial charge in [0.25, 0.3) is 11.6 Å². The van der Waals surface area contributed by atoms with Crippen molar-refractivity contribution >= 4 is 23.2 Å². The number of carbonyl (C=O) groups is 1. The van der Waals surface area contributed by atoms with Crippen LogP contribution in [0, 0.1) is 17.0 Å². The van der Waals surface area contributed by atoms with Crippen LogP contribution < -0.4 is 0 Å². The molecule has 0 N–H and O–H groups in total. The Labute approximate surface area is 129 Å². The summed E-state index contributed by atoms with van der Waals surface area (Å²) in [5.41, 5.74) is 0.923. The van der Waals surface area contributed by atoms with Crippen LogP contribution in [0.25, 0.3) is 0 Å². The summed E-state index contributed by atoms with van der Waals surface area (Å²) in [6.07, 6.45) is 3.60. The zero-order valence-electron chi connectivity index (χ0n) is 12.0. The van der Waals surface area contributed by atoms with Crippen molar-refractivity contribution in [2.75, 3.05) is 12.4 Å². The SMILES string of the molecule is Cc1ccc([N+](=O)[O-])c(C(=O)N2CCCC2CCCCl)c1. The maximum absolute atomic E-state index is 12.7. The number of nitro groups is 1. The highest BCUT2D eigenvalue weighted by molar-refractivity contribution is 6.17. The second kappa shape index (κ2) is 6.89. The Morgan fingerprint density at radius 2 is 2.29 bits per heavy atom. The van der Waals surface area contributed by atoms with Crippen LogP contribution in [0.2, 0.25) is 0 Å². The molecule has 0 radical (unpaired) electrons. The van der Waals surface area contributed by atoms with Gasteiger partial charge in [0.15, 0.2) is 0 Å². The highest BCUT2D eigenvalue weighted by Crippen LogP contribution is 2.27. The fourth-order valence-electron chi connectivity index (χ4n) is 2.85. The van der Waals surface area contributed by atoms with Gasteiger partial charge in [-0.3, -0.25) is 14.9 Å².